The van der Waals surface area contributed by atoms with Gasteiger partial charge < -0.3 is 5.73 Å². The number of halogens is 1. The first kappa shape index (κ1) is 9.92. The van der Waals surface area contributed by atoms with Gasteiger partial charge in [-0.2, -0.15) is 0 Å². The zero-order valence-electron chi connectivity index (χ0n) is 6.09. The van der Waals surface area contributed by atoms with Gasteiger partial charge in [-0.15, -0.1) is 6.58 Å². The number of unbranched alkanes of at least 4 members (excludes halogenated alkanes) is 2. The highest BCUT2D eigenvalue weighted by molar-refractivity contribution is 9.09. The van der Waals surface area contributed by atoms with E-state index >= 15 is 0 Å². The van der Waals surface area contributed by atoms with Crippen LogP contribution in [0.15, 0.2) is 24.8 Å². The zero-order chi connectivity index (χ0) is 7.82. The van der Waals surface area contributed by atoms with Crippen molar-refractivity contribution in [3.8, 4) is 0 Å². The molecule has 10 heavy (non-hydrogen) atoms. The van der Waals surface area contributed by atoms with Crippen molar-refractivity contribution in [1.29, 1.82) is 0 Å². The van der Waals surface area contributed by atoms with Gasteiger partial charge in [0, 0.05) is 0 Å². The van der Waals surface area contributed by atoms with Gasteiger partial charge in [0.05, 0.1) is 4.95 Å². The van der Waals surface area contributed by atoms with Crippen LogP contribution in [-0.2, 0) is 0 Å². The summed E-state index contributed by atoms with van der Waals surface area (Å²) in [5.74, 6) is 0. The number of rotatable bonds is 5. The SMILES string of the molecule is C=CCCC/C=C/C(N)Br. The van der Waals surface area contributed by atoms with Gasteiger partial charge in [-0.25, -0.2) is 0 Å². The molecule has 0 fully saturated rings. The Labute approximate surface area is 71.1 Å². The minimum absolute atomic E-state index is 0.0104. The molecule has 1 unspecified atom stereocenters. The van der Waals surface area contributed by atoms with E-state index in [4.69, 9.17) is 5.73 Å². The van der Waals surface area contributed by atoms with Gasteiger partial charge in [-0.1, -0.05) is 34.2 Å². The Bertz CT molecular complexity index is 108. The summed E-state index contributed by atoms with van der Waals surface area (Å²) in [4.78, 5) is 0.0104. The second-order valence-electron chi connectivity index (χ2n) is 2.09. The van der Waals surface area contributed by atoms with E-state index in [0.717, 1.165) is 12.8 Å². The molecule has 0 aromatic rings. The lowest BCUT2D eigenvalue weighted by Crippen LogP contribution is -2.05. The Balaban J connectivity index is 3.10. The summed E-state index contributed by atoms with van der Waals surface area (Å²) in [6, 6.07) is 0. The fraction of sp³-hybridized carbons (Fsp3) is 0.500. The fourth-order valence-corrected chi connectivity index (χ4v) is 0.822. The van der Waals surface area contributed by atoms with Gasteiger partial charge in [0.1, 0.15) is 0 Å². The van der Waals surface area contributed by atoms with Crippen molar-refractivity contribution in [2.75, 3.05) is 0 Å². The van der Waals surface area contributed by atoms with Gasteiger partial charge in [0.2, 0.25) is 0 Å². The van der Waals surface area contributed by atoms with Crippen LogP contribution in [0, 0.1) is 0 Å². The molecule has 1 nitrogen and oxygen atoms in total. The highest BCUT2D eigenvalue weighted by atomic mass is 79.9. The highest BCUT2D eigenvalue weighted by Crippen LogP contribution is 1.99. The average molecular weight is 204 g/mol. The van der Waals surface area contributed by atoms with Crippen LogP contribution in [0.25, 0.3) is 0 Å². The highest BCUT2D eigenvalue weighted by Gasteiger charge is 1.84. The molecule has 2 heteroatoms. The largest absolute Gasteiger partial charge is 0.316 e. The normalized spacial score (nSPS) is 13.8. The monoisotopic (exact) mass is 203 g/mol. The van der Waals surface area contributed by atoms with Crippen LogP contribution >= 0.6 is 15.9 Å². The van der Waals surface area contributed by atoms with Gasteiger partial charge in [0.15, 0.2) is 0 Å². The third-order valence-electron chi connectivity index (χ3n) is 1.10. The molecule has 0 saturated heterocycles. The van der Waals surface area contributed by atoms with Crippen molar-refractivity contribution < 1.29 is 0 Å². The van der Waals surface area contributed by atoms with Crippen molar-refractivity contribution in [3.05, 3.63) is 24.8 Å². The van der Waals surface area contributed by atoms with E-state index in [-0.39, 0.29) is 4.95 Å². The van der Waals surface area contributed by atoms with Crippen LogP contribution in [0.1, 0.15) is 19.3 Å². The number of hydrogen-bond acceptors (Lipinski definition) is 1. The Morgan fingerprint density at radius 3 is 2.70 bits per heavy atom. The van der Waals surface area contributed by atoms with E-state index in [1.54, 1.807) is 0 Å². The third-order valence-corrected chi connectivity index (χ3v) is 1.40. The lowest BCUT2D eigenvalue weighted by molar-refractivity contribution is 0.866. The summed E-state index contributed by atoms with van der Waals surface area (Å²) in [5, 5.41) is 0. The van der Waals surface area contributed by atoms with Gasteiger partial charge in [0.25, 0.3) is 0 Å². The minimum Gasteiger partial charge on any atom is -0.316 e. The molecule has 0 aliphatic heterocycles. The summed E-state index contributed by atoms with van der Waals surface area (Å²) in [6.45, 7) is 3.64. The molecule has 0 heterocycles. The minimum atomic E-state index is 0.0104. The molecular weight excluding hydrogens is 190 g/mol. The second-order valence-corrected chi connectivity index (χ2v) is 3.15. The molecule has 1 atom stereocenters. The molecule has 0 aliphatic carbocycles. The quantitative estimate of drug-likeness (QED) is 0.316. The predicted octanol–water partition coefficient (Wildman–Crippen LogP) is 2.58. The van der Waals surface area contributed by atoms with Crippen molar-refractivity contribution in [3.63, 3.8) is 0 Å². The Hall–Kier alpha value is -0.0800. The fourth-order valence-electron chi connectivity index (χ4n) is 0.606. The zero-order valence-corrected chi connectivity index (χ0v) is 7.68. The maximum atomic E-state index is 5.42. The topological polar surface area (TPSA) is 26.0 Å². The van der Waals surface area contributed by atoms with E-state index in [0.29, 0.717) is 0 Å². The summed E-state index contributed by atoms with van der Waals surface area (Å²) in [7, 11) is 0. The van der Waals surface area contributed by atoms with Crippen molar-refractivity contribution >= 4 is 15.9 Å². The number of alkyl halides is 1. The molecule has 0 aromatic carbocycles. The molecule has 2 N–H and O–H groups in total. The predicted molar refractivity (Wildman–Crippen MR) is 50.1 cm³/mol. The summed E-state index contributed by atoms with van der Waals surface area (Å²) in [6.07, 6.45) is 9.31. The van der Waals surface area contributed by atoms with Crippen molar-refractivity contribution in [1.82, 2.24) is 0 Å². The Kier molecular flexibility index (Phi) is 6.98. The van der Waals surface area contributed by atoms with Gasteiger partial charge in [-0.05, 0) is 19.3 Å². The maximum absolute atomic E-state index is 5.42. The Morgan fingerprint density at radius 1 is 1.50 bits per heavy atom. The Morgan fingerprint density at radius 2 is 2.20 bits per heavy atom. The molecule has 0 radical (unpaired) electrons. The van der Waals surface area contributed by atoms with E-state index in [1.807, 2.05) is 12.2 Å². The lowest BCUT2D eigenvalue weighted by Gasteiger charge is -1.92. The van der Waals surface area contributed by atoms with Crippen LogP contribution in [0.3, 0.4) is 0 Å². The molecule has 0 aliphatic rings. The number of allylic oxidation sites excluding steroid dienone is 2. The molecule has 0 bridgehead atoms. The molecule has 0 aromatic heterocycles. The molecule has 0 amide bonds. The molecule has 58 valence electrons. The van der Waals surface area contributed by atoms with E-state index in [2.05, 4.69) is 28.6 Å². The van der Waals surface area contributed by atoms with Crippen LogP contribution in [0.5, 0.6) is 0 Å². The number of hydrogen-bond donors (Lipinski definition) is 1. The molecule has 0 spiro atoms. The van der Waals surface area contributed by atoms with Gasteiger partial charge >= 0.3 is 0 Å². The van der Waals surface area contributed by atoms with Crippen LogP contribution < -0.4 is 5.73 Å². The van der Waals surface area contributed by atoms with Crippen molar-refractivity contribution in [2.45, 2.75) is 24.2 Å². The smallest absolute Gasteiger partial charge is 0.0791 e. The second kappa shape index (κ2) is 7.03. The lowest BCUT2D eigenvalue weighted by atomic mass is 10.2. The first-order valence-corrected chi connectivity index (χ1v) is 4.36. The molecule has 0 saturated carbocycles. The van der Waals surface area contributed by atoms with Crippen LogP contribution in [-0.4, -0.2) is 4.95 Å². The number of nitrogens with two attached hydrogens (primary N) is 1. The van der Waals surface area contributed by atoms with Gasteiger partial charge in [-0.3, -0.25) is 0 Å². The maximum Gasteiger partial charge on any atom is 0.0791 e. The van der Waals surface area contributed by atoms with E-state index < -0.39 is 0 Å². The van der Waals surface area contributed by atoms with Crippen LogP contribution in [0.2, 0.25) is 0 Å². The summed E-state index contributed by atoms with van der Waals surface area (Å²) >= 11 is 3.21. The first-order valence-electron chi connectivity index (χ1n) is 3.44. The standard InChI is InChI=1S/C8H14BrN/c1-2-3-4-5-6-7-8(9)10/h2,6-8H,1,3-5,10H2/b7-6+. The summed E-state index contributed by atoms with van der Waals surface area (Å²) in [5.41, 5.74) is 5.42. The van der Waals surface area contributed by atoms with Crippen LogP contribution in [0.4, 0.5) is 0 Å². The third kappa shape index (κ3) is 7.92. The molecule has 0 rings (SSSR count). The first-order chi connectivity index (χ1) is 4.77. The van der Waals surface area contributed by atoms with Crippen molar-refractivity contribution in [2.24, 2.45) is 5.73 Å². The van der Waals surface area contributed by atoms with E-state index in [1.165, 1.54) is 6.42 Å². The van der Waals surface area contributed by atoms with E-state index in [9.17, 15) is 0 Å². The average Bonchev–Trinajstić information content (AvgIpc) is 1.87. The summed E-state index contributed by atoms with van der Waals surface area (Å²) < 4.78 is 0. The molecular formula is C8H14BrN.